The Morgan fingerprint density at radius 3 is 2.31 bits per heavy atom. The molecule has 1 aliphatic heterocycles. The van der Waals surface area contributed by atoms with Crippen LogP contribution < -0.4 is 15.5 Å². The lowest BCUT2D eigenvalue weighted by molar-refractivity contribution is -0.384. The highest BCUT2D eigenvalue weighted by molar-refractivity contribution is 6.22. The molecule has 4 amide bonds. The maximum Gasteiger partial charge on any atom is 0.319 e. The minimum absolute atomic E-state index is 0.114. The topological polar surface area (TPSA) is 122 Å². The number of nitrogens with one attached hydrogen (secondary N) is 2. The van der Waals surface area contributed by atoms with Crippen molar-refractivity contribution in [1.82, 2.24) is 5.32 Å². The van der Waals surface area contributed by atoms with Crippen LogP contribution in [0, 0.1) is 33.8 Å². The maximum atomic E-state index is 12.9. The quantitative estimate of drug-likeness (QED) is 0.325. The van der Waals surface area contributed by atoms with Crippen LogP contribution in [0.1, 0.15) is 12.0 Å². The Morgan fingerprint density at radius 2 is 1.69 bits per heavy atom. The molecule has 4 atom stereocenters. The Bertz CT molecular complexity index is 1130. The van der Waals surface area contributed by atoms with Crippen molar-refractivity contribution in [2.24, 2.45) is 23.7 Å². The van der Waals surface area contributed by atoms with Gasteiger partial charge >= 0.3 is 6.03 Å². The zero-order chi connectivity index (χ0) is 22.4. The van der Waals surface area contributed by atoms with Gasteiger partial charge in [-0.3, -0.25) is 24.6 Å². The Labute approximate surface area is 183 Å². The summed E-state index contributed by atoms with van der Waals surface area (Å²) in [6, 6.07) is 12.1. The number of allylic oxidation sites excluding steroid dienone is 2. The van der Waals surface area contributed by atoms with Crippen LogP contribution in [-0.4, -0.2) is 22.8 Å². The molecule has 0 spiro atoms. The lowest BCUT2D eigenvalue weighted by atomic mass is 9.85. The van der Waals surface area contributed by atoms with Gasteiger partial charge in [0, 0.05) is 24.4 Å². The van der Waals surface area contributed by atoms with E-state index < -0.39 is 11.0 Å². The van der Waals surface area contributed by atoms with Gasteiger partial charge in [0.15, 0.2) is 0 Å². The minimum Gasteiger partial charge on any atom is -0.334 e. The van der Waals surface area contributed by atoms with E-state index in [1.165, 1.54) is 23.1 Å². The summed E-state index contributed by atoms with van der Waals surface area (Å²) in [4.78, 5) is 49.5. The number of carbonyl (C=O) groups excluding carboxylic acids is 3. The van der Waals surface area contributed by atoms with Crippen LogP contribution in [0.25, 0.3) is 0 Å². The number of hydrogen-bond donors (Lipinski definition) is 2. The van der Waals surface area contributed by atoms with E-state index in [9.17, 15) is 24.5 Å². The zero-order valence-corrected chi connectivity index (χ0v) is 16.9. The number of nitro benzene ring substituents is 1. The number of anilines is 2. The van der Waals surface area contributed by atoms with Crippen molar-refractivity contribution in [3.8, 4) is 0 Å². The van der Waals surface area contributed by atoms with Crippen LogP contribution in [-0.2, 0) is 16.1 Å². The molecule has 0 radical (unpaired) electrons. The van der Waals surface area contributed by atoms with Gasteiger partial charge in [0.05, 0.1) is 22.4 Å². The number of hydrogen-bond acceptors (Lipinski definition) is 5. The Hall–Kier alpha value is -4.01. The van der Waals surface area contributed by atoms with E-state index in [0.717, 1.165) is 12.0 Å². The number of amides is 4. The molecule has 3 aliphatic rings. The van der Waals surface area contributed by atoms with E-state index in [0.29, 0.717) is 11.4 Å². The molecule has 2 aromatic carbocycles. The van der Waals surface area contributed by atoms with E-state index in [1.54, 1.807) is 30.3 Å². The largest absolute Gasteiger partial charge is 0.334 e. The van der Waals surface area contributed by atoms with E-state index in [1.807, 2.05) is 0 Å². The summed E-state index contributed by atoms with van der Waals surface area (Å²) in [5.41, 5.74) is 1.52. The number of non-ortho nitro benzene ring substituents is 1. The summed E-state index contributed by atoms with van der Waals surface area (Å²) in [6.45, 7) is 0.211. The third-order valence-corrected chi connectivity index (χ3v) is 6.43. The van der Waals surface area contributed by atoms with Gasteiger partial charge in [0.25, 0.3) is 5.69 Å². The molecule has 1 heterocycles. The van der Waals surface area contributed by atoms with Gasteiger partial charge in [-0.15, -0.1) is 0 Å². The second kappa shape index (κ2) is 7.60. The summed E-state index contributed by atoms with van der Waals surface area (Å²) in [6.07, 6.45) is 5.02. The minimum atomic E-state index is -0.533. The number of benzene rings is 2. The lowest BCUT2D eigenvalue weighted by Gasteiger charge is -2.17. The molecule has 1 saturated carbocycles. The van der Waals surface area contributed by atoms with Gasteiger partial charge in [0.1, 0.15) is 0 Å². The second-order valence-electron chi connectivity index (χ2n) is 8.29. The Balaban J connectivity index is 1.20. The van der Waals surface area contributed by atoms with Crippen LogP contribution in [0.3, 0.4) is 0 Å². The van der Waals surface area contributed by atoms with Crippen LogP contribution in [0.4, 0.5) is 21.9 Å². The molecule has 0 aromatic heterocycles. The third kappa shape index (κ3) is 3.31. The highest BCUT2D eigenvalue weighted by atomic mass is 16.6. The van der Waals surface area contributed by atoms with Crippen molar-refractivity contribution in [2.75, 3.05) is 10.2 Å². The van der Waals surface area contributed by atoms with Crippen LogP contribution >= 0.6 is 0 Å². The van der Waals surface area contributed by atoms with Gasteiger partial charge in [-0.2, -0.15) is 0 Å². The molecule has 2 aromatic rings. The summed E-state index contributed by atoms with van der Waals surface area (Å²) in [7, 11) is 0. The third-order valence-electron chi connectivity index (χ3n) is 6.43. The smallest absolute Gasteiger partial charge is 0.319 e. The van der Waals surface area contributed by atoms with Crippen LogP contribution in [0.5, 0.6) is 0 Å². The Morgan fingerprint density at radius 1 is 1.03 bits per heavy atom. The number of nitro groups is 1. The molecule has 1 saturated heterocycles. The Kier molecular flexibility index (Phi) is 4.73. The lowest BCUT2D eigenvalue weighted by Crippen LogP contribution is -2.32. The highest BCUT2D eigenvalue weighted by Gasteiger charge is 2.59. The number of carbonyl (C=O) groups is 3. The number of imide groups is 1. The molecule has 9 nitrogen and oxygen atoms in total. The molecule has 4 unspecified atom stereocenters. The normalized spacial score (nSPS) is 25.2. The maximum absolute atomic E-state index is 12.9. The van der Waals surface area contributed by atoms with Crippen molar-refractivity contribution in [3.05, 3.63) is 76.4 Å². The fourth-order valence-electron chi connectivity index (χ4n) is 4.97. The predicted molar refractivity (Wildman–Crippen MR) is 116 cm³/mol. The molecule has 9 heteroatoms. The number of urea groups is 1. The molecule has 5 rings (SSSR count). The molecule has 162 valence electrons. The molecule has 2 bridgehead atoms. The second-order valence-corrected chi connectivity index (χ2v) is 8.29. The first-order valence-corrected chi connectivity index (χ1v) is 10.4. The first-order valence-electron chi connectivity index (χ1n) is 10.4. The monoisotopic (exact) mass is 432 g/mol. The molecular formula is C23H20N4O5. The fourth-order valence-corrected chi connectivity index (χ4v) is 4.97. The highest BCUT2D eigenvalue weighted by Crippen LogP contribution is 2.53. The summed E-state index contributed by atoms with van der Waals surface area (Å²) in [5, 5.41) is 16.1. The van der Waals surface area contributed by atoms with Gasteiger partial charge in [-0.1, -0.05) is 30.4 Å². The van der Waals surface area contributed by atoms with Crippen molar-refractivity contribution >= 4 is 34.9 Å². The number of rotatable bonds is 5. The van der Waals surface area contributed by atoms with E-state index in [-0.39, 0.29) is 47.7 Å². The number of nitrogens with zero attached hydrogens (tertiary/aromatic N) is 2. The zero-order valence-electron chi connectivity index (χ0n) is 16.9. The average Bonchev–Trinajstić information content (AvgIpc) is 3.47. The SMILES string of the molecule is O=C(NCc1ccc(N2C(=O)C3C4C=CC(C4)C3C2=O)cc1)Nc1cccc([N+](=O)[O-])c1. The predicted octanol–water partition coefficient (Wildman–Crippen LogP) is 3.23. The fraction of sp³-hybridized carbons (Fsp3) is 0.261. The molecule has 32 heavy (non-hydrogen) atoms. The summed E-state index contributed by atoms with van der Waals surface area (Å²) < 4.78 is 0. The molecular weight excluding hydrogens is 412 g/mol. The summed E-state index contributed by atoms with van der Waals surface area (Å²) in [5.74, 6) is -0.398. The average molecular weight is 432 g/mol. The van der Waals surface area contributed by atoms with Crippen molar-refractivity contribution in [2.45, 2.75) is 13.0 Å². The first-order chi connectivity index (χ1) is 15.4. The van der Waals surface area contributed by atoms with Crippen molar-refractivity contribution in [1.29, 1.82) is 0 Å². The van der Waals surface area contributed by atoms with Gasteiger partial charge in [-0.25, -0.2) is 4.79 Å². The van der Waals surface area contributed by atoms with Crippen molar-refractivity contribution in [3.63, 3.8) is 0 Å². The van der Waals surface area contributed by atoms with Gasteiger partial charge in [-0.05, 0) is 42.0 Å². The van der Waals surface area contributed by atoms with Crippen molar-refractivity contribution < 1.29 is 19.3 Å². The van der Waals surface area contributed by atoms with Gasteiger partial charge < -0.3 is 10.6 Å². The first kappa shape index (κ1) is 19.9. The summed E-state index contributed by atoms with van der Waals surface area (Å²) >= 11 is 0. The molecule has 2 N–H and O–H groups in total. The van der Waals surface area contributed by atoms with Crippen LogP contribution in [0.2, 0.25) is 0 Å². The number of fused-ring (bicyclic) bond motifs is 5. The van der Waals surface area contributed by atoms with E-state index >= 15 is 0 Å². The standard InChI is InChI=1S/C23H20N4O5/c28-21-19-14-6-7-15(10-14)20(19)22(29)26(21)17-8-4-13(5-9-17)12-24-23(30)25-16-2-1-3-18(11-16)27(31)32/h1-9,11,14-15,19-20H,10,12H2,(H2,24,25,30). The van der Waals surface area contributed by atoms with Gasteiger partial charge in [0.2, 0.25) is 11.8 Å². The van der Waals surface area contributed by atoms with E-state index in [4.69, 9.17) is 0 Å². The van der Waals surface area contributed by atoms with E-state index in [2.05, 4.69) is 22.8 Å². The van der Waals surface area contributed by atoms with Crippen LogP contribution in [0.15, 0.2) is 60.7 Å². The molecule has 2 fully saturated rings. The molecule has 2 aliphatic carbocycles.